The lowest BCUT2D eigenvalue weighted by atomic mass is 10.0. The summed E-state index contributed by atoms with van der Waals surface area (Å²) in [4.78, 5) is 11.5. The van der Waals surface area contributed by atoms with E-state index in [1.165, 1.54) is 0 Å². The third-order valence-electron chi connectivity index (χ3n) is 2.72. The van der Waals surface area contributed by atoms with Gasteiger partial charge in [-0.3, -0.25) is 0 Å². The SMILES string of the molecule is O=C(OCc1ccccc1)[C@H](O)[C@@H](O)[C@H](O)[C@H](O)CO. The summed E-state index contributed by atoms with van der Waals surface area (Å²) in [6.45, 7) is -0.911. The molecule has 7 heteroatoms. The number of carbonyl (C=O) groups is 1. The van der Waals surface area contributed by atoms with E-state index in [4.69, 9.17) is 14.9 Å². The fraction of sp³-hybridized carbons (Fsp3) is 0.462. The van der Waals surface area contributed by atoms with Crippen molar-refractivity contribution in [1.29, 1.82) is 0 Å². The summed E-state index contributed by atoms with van der Waals surface area (Å²) in [5.41, 5.74) is 0.693. The molecule has 20 heavy (non-hydrogen) atoms. The zero-order chi connectivity index (χ0) is 15.1. The molecule has 0 aliphatic rings. The van der Waals surface area contributed by atoms with Gasteiger partial charge in [-0.2, -0.15) is 0 Å². The molecule has 0 spiro atoms. The van der Waals surface area contributed by atoms with E-state index in [-0.39, 0.29) is 6.61 Å². The van der Waals surface area contributed by atoms with Crippen molar-refractivity contribution >= 4 is 5.97 Å². The average Bonchev–Trinajstić information content (AvgIpc) is 2.50. The van der Waals surface area contributed by atoms with Crippen molar-refractivity contribution in [3.63, 3.8) is 0 Å². The number of aliphatic hydroxyl groups is 5. The molecule has 112 valence electrons. The molecule has 0 aliphatic carbocycles. The second-order valence-electron chi connectivity index (χ2n) is 4.27. The van der Waals surface area contributed by atoms with Crippen LogP contribution in [0.2, 0.25) is 0 Å². The zero-order valence-electron chi connectivity index (χ0n) is 10.7. The van der Waals surface area contributed by atoms with Gasteiger partial charge in [-0.25, -0.2) is 4.79 Å². The predicted molar refractivity (Wildman–Crippen MR) is 67.4 cm³/mol. The molecule has 0 radical (unpaired) electrons. The Balaban J connectivity index is 2.50. The van der Waals surface area contributed by atoms with E-state index in [1.54, 1.807) is 30.3 Å². The fourth-order valence-corrected chi connectivity index (χ4v) is 1.48. The normalized spacial score (nSPS) is 17.1. The number of hydrogen-bond donors (Lipinski definition) is 5. The van der Waals surface area contributed by atoms with Gasteiger partial charge >= 0.3 is 5.97 Å². The molecule has 0 unspecified atom stereocenters. The van der Waals surface area contributed by atoms with Gasteiger partial charge in [-0.05, 0) is 5.56 Å². The van der Waals surface area contributed by atoms with E-state index >= 15 is 0 Å². The molecule has 0 fully saturated rings. The lowest BCUT2D eigenvalue weighted by Crippen LogP contribution is -2.49. The molecule has 1 aromatic carbocycles. The second kappa shape index (κ2) is 7.93. The van der Waals surface area contributed by atoms with Crippen molar-refractivity contribution in [2.45, 2.75) is 31.0 Å². The molecule has 0 heterocycles. The van der Waals surface area contributed by atoms with Crippen LogP contribution in [-0.4, -0.2) is 62.5 Å². The van der Waals surface area contributed by atoms with Crippen LogP contribution < -0.4 is 0 Å². The van der Waals surface area contributed by atoms with Crippen LogP contribution in [0.1, 0.15) is 5.56 Å². The van der Waals surface area contributed by atoms with Crippen molar-refractivity contribution in [2.24, 2.45) is 0 Å². The maximum Gasteiger partial charge on any atom is 0.338 e. The smallest absolute Gasteiger partial charge is 0.338 e. The van der Waals surface area contributed by atoms with Crippen LogP contribution in [0.25, 0.3) is 0 Å². The quantitative estimate of drug-likeness (QED) is 0.373. The van der Waals surface area contributed by atoms with E-state index in [2.05, 4.69) is 0 Å². The topological polar surface area (TPSA) is 127 Å². The minimum Gasteiger partial charge on any atom is -0.459 e. The highest BCUT2D eigenvalue weighted by Crippen LogP contribution is 2.08. The van der Waals surface area contributed by atoms with Gasteiger partial charge in [0.05, 0.1) is 6.61 Å². The van der Waals surface area contributed by atoms with Crippen molar-refractivity contribution in [2.75, 3.05) is 6.61 Å². The molecule has 7 nitrogen and oxygen atoms in total. The molecular formula is C13H18O7. The van der Waals surface area contributed by atoms with Gasteiger partial charge < -0.3 is 30.3 Å². The fourth-order valence-electron chi connectivity index (χ4n) is 1.48. The summed E-state index contributed by atoms with van der Waals surface area (Å²) in [6.07, 6.45) is -7.50. The van der Waals surface area contributed by atoms with E-state index in [0.717, 1.165) is 0 Å². The Hall–Kier alpha value is -1.51. The molecule has 0 bridgehead atoms. The van der Waals surface area contributed by atoms with Gasteiger partial charge in [-0.15, -0.1) is 0 Å². The van der Waals surface area contributed by atoms with E-state index in [1.807, 2.05) is 0 Å². The first-order valence-electron chi connectivity index (χ1n) is 6.01. The molecule has 1 aromatic rings. The van der Waals surface area contributed by atoms with Crippen molar-refractivity contribution < 1.29 is 35.1 Å². The molecule has 0 aliphatic heterocycles. The van der Waals surface area contributed by atoms with Crippen LogP contribution in [-0.2, 0) is 16.1 Å². The molecule has 0 aromatic heterocycles. The van der Waals surface area contributed by atoms with Gasteiger partial charge in [0.25, 0.3) is 0 Å². The monoisotopic (exact) mass is 286 g/mol. The first-order valence-corrected chi connectivity index (χ1v) is 6.01. The van der Waals surface area contributed by atoms with Crippen molar-refractivity contribution in [3.8, 4) is 0 Å². The second-order valence-corrected chi connectivity index (χ2v) is 4.27. The summed E-state index contributed by atoms with van der Waals surface area (Å²) in [5, 5.41) is 46.1. The lowest BCUT2D eigenvalue weighted by molar-refractivity contribution is -0.171. The van der Waals surface area contributed by atoms with Gasteiger partial charge in [0.15, 0.2) is 6.10 Å². The first kappa shape index (κ1) is 16.5. The summed E-state index contributed by atoms with van der Waals surface area (Å²) in [7, 11) is 0. The van der Waals surface area contributed by atoms with Crippen LogP contribution in [0.4, 0.5) is 0 Å². The maximum absolute atomic E-state index is 11.5. The Labute approximate surface area is 115 Å². The van der Waals surface area contributed by atoms with Gasteiger partial charge in [0.2, 0.25) is 0 Å². The van der Waals surface area contributed by atoms with E-state index in [9.17, 15) is 20.1 Å². The molecule has 4 atom stereocenters. The van der Waals surface area contributed by atoms with Crippen LogP contribution in [0.15, 0.2) is 30.3 Å². The standard InChI is InChI=1S/C13H18O7/c14-6-9(15)10(16)11(17)12(18)13(19)20-7-8-4-2-1-3-5-8/h1-5,9-12,14-18H,6-7H2/t9-,10-,11+,12-/m1/s1. The van der Waals surface area contributed by atoms with Crippen LogP contribution in [0, 0.1) is 0 Å². The minimum absolute atomic E-state index is 0.0951. The Bertz CT molecular complexity index is 408. The summed E-state index contributed by atoms with van der Waals surface area (Å²) >= 11 is 0. The number of benzene rings is 1. The largest absolute Gasteiger partial charge is 0.459 e. The number of esters is 1. The van der Waals surface area contributed by atoms with Crippen LogP contribution >= 0.6 is 0 Å². The van der Waals surface area contributed by atoms with E-state index < -0.39 is 37.0 Å². The zero-order valence-corrected chi connectivity index (χ0v) is 10.7. The minimum atomic E-state index is -2.02. The van der Waals surface area contributed by atoms with Crippen LogP contribution in [0.3, 0.4) is 0 Å². The van der Waals surface area contributed by atoms with Gasteiger partial charge in [0.1, 0.15) is 24.9 Å². The highest BCUT2D eigenvalue weighted by molar-refractivity contribution is 5.75. The number of aliphatic hydroxyl groups excluding tert-OH is 5. The molecule has 5 N–H and O–H groups in total. The van der Waals surface area contributed by atoms with Crippen molar-refractivity contribution in [1.82, 2.24) is 0 Å². The van der Waals surface area contributed by atoms with Gasteiger partial charge in [0, 0.05) is 0 Å². The average molecular weight is 286 g/mol. The molecule has 0 saturated carbocycles. The molecule has 1 rings (SSSR count). The Kier molecular flexibility index (Phi) is 6.56. The Morgan fingerprint density at radius 1 is 1.05 bits per heavy atom. The number of ether oxygens (including phenoxy) is 1. The van der Waals surface area contributed by atoms with Gasteiger partial charge in [-0.1, -0.05) is 30.3 Å². The summed E-state index contributed by atoms with van der Waals surface area (Å²) in [5.74, 6) is -1.13. The number of carbonyl (C=O) groups excluding carboxylic acids is 1. The summed E-state index contributed by atoms with van der Waals surface area (Å²) < 4.78 is 4.77. The molecule has 0 saturated heterocycles. The first-order chi connectivity index (χ1) is 9.47. The number of rotatable bonds is 7. The third kappa shape index (κ3) is 4.55. The highest BCUT2D eigenvalue weighted by atomic mass is 16.5. The maximum atomic E-state index is 11.5. The van der Waals surface area contributed by atoms with Crippen LogP contribution in [0.5, 0.6) is 0 Å². The summed E-state index contributed by atoms with van der Waals surface area (Å²) in [6, 6.07) is 8.70. The Morgan fingerprint density at radius 3 is 2.20 bits per heavy atom. The van der Waals surface area contributed by atoms with Crippen molar-refractivity contribution in [3.05, 3.63) is 35.9 Å². The molecule has 0 amide bonds. The Morgan fingerprint density at radius 2 is 1.65 bits per heavy atom. The molecular weight excluding hydrogens is 268 g/mol. The number of hydrogen-bond acceptors (Lipinski definition) is 7. The lowest BCUT2D eigenvalue weighted by Gasteiger charge is -2.24. The van der Waals surface area contributed by atoms with E-state index in [0.29, 0.717) is 5.56 Å². The third-order valence-corrected chi connectivity index (χ3v) is 2.72. The predicted octanol–water partition coefficient (Wildman–Crippen LogP) is -1.83. The highest BCUT2D eigenvalue weighted by Gasteiger charge is 2.35.